The highest BCUT2D eigenvalue weighted by atomic mass is 35.5. The van der Waals surface area contributed by atoms with Gasteiger partial charge in [0.25, 0.3) is 0 Å². The largest absolute Gasteiger partial charge is 0.380 e. The minimum absolute atomic E-state index is 0.229. The molecule has 1 atom stereocenters. The molecule has 1 rings (SSSR count). The van der Waals surface area contributed by atoms with E-state index < -0.39 is 0 Å². The van der Waals surface area contributed by atoms with E-state index in [0.717, 1.165) is 31.6 Å². The van der Waals surface area contributed by atoms with Gasteiger partial charge in [-0.3, -0.25) is 0 Å². The van der Waals surface area contributed by atoms with E-state index in [9.17, 15) is 0 Å². The molecule has 106 valence electrons. The SMILES string of the molecule is C=CCCOCCNC(CC)c1ccc(Cl)cc1Cl. The summed E-state index contributed by atoms with van der Waals surface area (Å²) in [4.78, 5) is 0. The quantitative estimate of drug-likeness (QED) is 0.530. The van der Waals surface area contributed by atoms with Crippen LogP contribution in [0, 0.1) is 0 Å². The van der Waals surface area contributed by atoms with Crippen molar-refractivity contribution in [1.29, 1.82) is 0 Å². The number of ether oxygens (including phenoxy) is 1. The summed E-state index contributed by atoms with van der Waals surface area (Å²) in [5.74, 6) is 0. The fourth-order valence-corrected chi connectivity index (χ4v) is 2.37. The van der Waals surface area contributed by atoms with Crippen molar-refractivity contribution < 1.29 is 4.74 Å². The number of hydrogen-bond donors (Lipinski definition) is 1. The van der Waals surface area contributed by atoms with Crippen LogP contribution >= 0.6 is 23.2 Å². The molecule has 0 aliphatic heterocycles. The number of rotatable bonds is 9. The van der Waals surface area contributed by atoms with Crippen LogP contribution in [0.2, 0.25) is 10.0 Å². The monoisotopic (exact) mass is 301 g/mol. The van der Waals surface area contributed by atoms with Crippen LogP contribution < -0.4 is 5.32 Å². The highest BCUT2D eigenvalue weighted by Gasteiger charge is 2.12. The first-order valence-corrected chi connectivity index (χ1v) is 7.31. The number of hydrogen-bond acceptors (Lipinski definition) is 2. The van der Waals surface area contributed by atoms with Crippen LogP contribution in [0.4, 0.5) is 0 Å². The molecule has 1 aromatic carbocycles. The van der Waals surface area contributed by atoms with E-state index in [1.807, 2.05) is 18.2 Å². The van der Waals surface area contributed by atoms with Crippen LogP contribution in [0.5, 0.6) is 0 Å². The molecule has 0 aromatic heterocycles. The molecule has 1 aromatic rings. The third-order valence-corrected chi connectivity index (χ3v) is 3.41. The van der Waals surface area contributed by atoms with E-state index in [1.54, 1.807) is 6.07 Å². The zero-order valence-electron chi connectivity index (χ0n) is 11.3. The molecular weight excluding hydrogens is 281 g/mol. The summed E-state index contributed by atoms with van der Waals surface area (Å²) in [6, 6.07) is 5.86. The molecule has 0 saturated carbocycles. The predicted molar refractivity (Wildman–Crippen MR) is 83.1 cm³/mol. The molecule has 0 radical (unpaired) electrons. The first kappa shape index (κ1) is 16.5. The van der Waals surface area contributed by atoms with Crippen LogP contribution in [0.15, 0.2) is 30.9 Å². The normalized spacial score (nSPS) is 12.4. The third kappa shape index (κ3) is 5.96. The van der Waals surface area contributed by atoms with Gasteiger partial charge in [0.1, 0.15) is 0 Å². The molecule has 0 heterocycles. The van der Waals surface area contributed by atoms with Gasteiger partial charge in [0.05, 0.1) is 13.2 Å². The van der Waals surface area contributed by atoms with Gasteiger partial charge in [-0.25, -0.2) is 0 Å². The smallest absolute Gasteiger partial charge is 0.0591 e. The average Bonchev–Trinajstić information content (AvgIpc) is 2.39. The number of nitrogens with one attached hydrogen (secondary N) is 1. The summed E-state index contributed by atoms with van der Waals surface area (Å²) < 4.78 is 5.47. The standard InChI is InChI=1S/C15H21Cl2NO/c1-3-5-9-19-10-8-18-15(4-2)13-7-6-12(16)11-14(13)17/h3,6-7,11,15,18H,1,4-5,8-10H2,2H3. The van der Waals surface area contributed by atoms with Crippen molar-refractivity contribution in [2.75, 3.05) is 19.8 Å². The number of halogens is 2. The van der Waals surface area contributed by atoms with Crippen molar-refractivity contribution in [2.24, 2.45) is 0 Å². The zero-order chi connectivity index (χ0) is 14.1. The van der Waals surface area contributed by atoms with Gasteiger partial charge >= 0.3 is 0 Å². The van der Waals surface area contributed by atoms with Crippen LogP contribution in [0.25, 0.3) is 0 Å². The van der Waals surface area contributed by atoms with Crippen LogP contribution in [-0.2, 0) is 4.74 Å². The summed E-state index contributed by atoms with van der Waals surface area (Å²) in [5, 5.41) is 4.82. The van der Waals surface area contributed by atoms with Crippen molar-refractivity contribution in [1.82, 2.24) is 5.32 Å². The fourth-order valence-electron chi connectivity index (χ4n) is 1.83. The van der Waals surface area contributed by atoms with Crippen LogP contribution in [0.3, 0.4) is 0 Å². The van der Waals surface area contributed by atoms with Gasteiger partial charge in [0, 0.05) is 22.6 Å². The molecule has 0 aliphatic carbocycles. The first-order valence-electron chi connectivity index (χ1n) is 6.56. The van der Waals surface area contributed by atoms with Gasteiger partial charge in [-0.05, 0) is 30.5 Å². The molecule has 19 heavy (non-hydrogen) atoms. The molecule has 0 saturated heterocycles. The summed E-state index contributed by atoms with van der Waals surface area (Å²) in [6.45, 7) is 8.00. The Bertz CT molecular complexity index is 396. The third-order valence-electron chi connectivity index (χ3n) is 2.85. The Morgan fingerprint density at radius 3 is 2.79 bits per heavy atom. The highest BCUT2D eigenvalue weighted by molar-refractivity contribution is 6.35. The van der Waals surface area contributed by atoms with E-state index in [0.29, 0.717) is 16.7 Å². The van der Waals surface area contributed by atoms with E-state index in [2.05, 4.69) is 18.8 Å². The molecular formula is C15H21Cl2NO. The van der Waals surface area contributed by atoms with E-state index >= 15 is 0 Å². The summed E-state index contributed by atoms with van der Waals surface area (Å²) >= 11 is 12.1. The van der Waals surface area contributed by atoms with Crippen molar-refractivity contribution in [3.05, 3.63) is 46.5 Å². The molecule has 0 spiro atoms. The Morgan fingerprint density at radius 2 is 2.16 bits per heavy atom. The van der Waals surface area contributed by atoms with Crippen molar-refractivity contribution in [2.45, 2.75) is 25.8 Å². The summed E-state index contributed by atoms with van der Waals surface area (Å²) in [6.07, 6.45) is 3.71. The maximum Gasteiger partial charge on any atom is 0.0591 e. The van der Waals surface area contributed by atoms with Crippen molar-refractivity contribution in [3.8, 4) is 0 Å². The minimum Gasteiger partial charge on any atom is -0.380 e. The van der Waals surface area contributed by atoms with Gasteiger partial charge in [-0.1, -0.05) is 42.3 Å². The molecule has 0 fully saturated rings. The molecule has 0 aliphatic rings. The second kappa shape index (κ2) is 9.38. The average molecular weight is 302 g/mol. The van der Waals surface area contributed by atoms with Crippen molar-refractivity contribution in [3.63, 3.8) is 0 Å². The first-order chi connectivity index (χ1) is 9.19. The molecule has 0 bridgehead atoms. The summed E-state index contributed by atoms with van der Waals surface area (Å²) in [7, 11) is 0. The van der Waals surface area contributed by atoms with E-state index in [1.165, 1.54) is 0 Å². The Labute approximate surface area is 125 Å². The lowest BCUT2D eigenvalue weighted by molar-refractivity contribution is 0.138. The second-order valence-electron chi connectivity index (χ2n) is 4.27. The minimum atomic E-state index is 0.229. The Hall–Kier alpha value is -0.540. The van der Waals surface area contributed by atoms with Crippen LogP contribution in [0.1, 0.15) is 31.4 Å². The molecule has 2 nitrogen and oxygen atoms in total. The highest BCUT2D eigenvalue weighted by Crippen LogP contribution is 2.27. The second-order valence-corrected chi connectivity index (χ2v) is 5.11. The molecule has 1 unspecified atom stereocenters. The van der Waals surface area contributed by atoms with Gasteiger partial charge in [0.2, 0.25) is 0 Å². The lowest BCUT2D eigenvalue weighted by Crippen LogP contribution is -2.25. The van der Waals surface area contributed by atoms with Crippen molar-refractivity contribution >= 4 is 23.2 Å². The Balaban J connectivity index is 2.42. The van der Waals surface area contributed by atoms with Gasteiger partial charge in [-0.2, -0.15) is 0 Å². The lowest BCUT2D eigenvalue weighted by atomic mass is 10.0. The van der Waals surface area contributed by atoms with Gasteiger partial charge < -0.3 is 10.1 Å². The summed E-state index contributed by atoms with van der Waals surface area (Å²) in [5.41, 5.74) is 1.08. The fraction of sp³-hybridized carbons (Fsp3) is 0.467. The van der Waals surface area contributed by atoms with E-state index in [4.69, 9.17) is 27.9 Å². The number of benzene rings is 1. The molecule has 0 amide bonds. The lowest BCUT2D eigenvalue weighted by Gasteiger charge is -2.19. The van der Waals surface area contributed by atoms with E-state index in [-0.39, 0.29) is 6.04 Å². The topological polar surface area (TPSA) is 21.3 Å². The van der Waals surface area contributed by atoms with Crippen LogP contribution in [-0.4, -0.2) is 19.8 Å². The maximum atomic E-state index is 6.22. The predicted octanol–water partition coefficient (Wildman–Crippen LogP) is 4.63. The van der Waals surface area contributed by atoms with Gasteiger partial charge in [0.15, 0.2) is 0 Å². The van der Waals surface area contributed by atoms with Gasteiger partial charge in [-0.15, -0.1) is 6.58 Å². The molecule has 1 N–H and O–H groups in total. The Kier molecular flexibility index (Phi) is 8.15. The zero-order valence-corrected chi connectivity index (χ0v) is 12.8. The Morgan fingerprint density at radius 1 is 1.37 bits per heavy atom. The maximum absolute atomic E-state index is 6.22. The molecule has 4 heteroatoms.